The van der Waals surface area contributed by atoms with Crippen LogP contribution in [0.2, 0.25) is 0 Å². The standard InChI is InChI=1S/C22H24N6O2.C2HF3O2/c1-14-15(2)26-21(25-14)20-11-17(4-5-24-20)18-10-19(13-23-12-18)22(30)28-8-6-27(7-9-28)16(3)29;3-2(4,5)1(6)7/h4-5,10-13H,6-9H2,1-3H3,(H,25,26);(H,6,7). The van der Waals surface area contributed by atoms with Crippen molar-refractivity contribution in [2.45, 2.75) is 26.9 Å². The van der Waals surface area contributed by atoms with Gasteiger partial charge in [0.1, 0.15) is 5.69 Å². The molecule has 13 heteroatoms. The van der Waals surface area contributed by atoms with Gasteiger partial charge in [-0.05, 0) is 37.6 Å². The number of H-pyrrole nitrogens is 1. The fourth-order valence-electron chi connectivity index (χ4n) is 3.53. The zero-order valence-corrected chi connectivity index (χ0v) is 20.3. The molecule has 0 radical (unpaired) electrons. The van der Waals surface area contributed by atoms with E-state index < -0.39 is 12.1 Å². The molecule has 1 aliphatic rings. The van der Waals surface area contributed by atoms with Gasteiger partial charge < -0.3 is 19.9 Å². The first-order valence-electron chi connectivity index (χ1n) is 11.2. The number of carboxylic acid groups (broad SMARTS) is 1. The van der Waals surface area contributed by atoms with Gasteiger partial charge in [0.25, 0.3) is 5.91 Å². The molecule has 0 aliphatic carbocycles. The van der Waals surface area contributed by atoms with Crippen LogP contribution in [0.5, 0.6) is 0 Å². The molecule has 1 saturated heterocycles. The molecular formula is C24H25F3N6O4. The number of amides is 2. The van der Waals surface area contributed by atoms with Crippen LogP contribution in [0, 0.1) is 13.8 Å². The molecule has 37 heavy (non-hydrogen) atoms. The number of carboxylic acids is 1. The Labute approximate surface area is 210 Å². The summed E-state index contributed by atoms with van der Waals surface area (Å²) in [7, 11) is 0. The van der Waals surface area contributed by atoms with E-state index in [9.17, 15) is 22.8 Å². The van der Waals surface area contributed by atoms with E-state index in [4.69, 9.17) is 9.90 Å². The van der Waals surface area contributed by atoms with Gasteiger partial charge in [0, 0.05) is 63.0 Å². The van der Waals surface area contributed by atoms with Gasteiger partial charge in [0.05, 0.1) is 11.3 Å². The molecule has 3 aromatic rings. The Morgan fingerprint density at radius 1 is 1.00 bits per heavy atom. The predicted molar refractivity (Wildman–Crippen MR) is 126 cm³/mol. The first-order valence-corrected chi connectivity index (χ1v) is 11.2. The summed E-state index contributed by atoms with van der Waals surface area (Å²) in [6.45, 7) is 7.66. The summed E-state index contributed by atoms with van der Waals surface area (Å²) in [5, 5.41) is 7.12. The van der Waals surface area contributed by atoms with Crippen LogP contribution < -0.4 is 0 Å². The average Bonchev–Trinajstić information content (AvgIpc) is 3.21. The number of imidazole rings is 1. The Morgan fingerprint density at radius 3 is 2.16 bits per heavy atom. The van der Waals surface area contributed by atoms with Gasteiger partial charge in [-0.25, -0.2) is 9.78 Å². The zero-order chi connectivity index (χ0) is 27.3. The number of aryl methyl sites for hydroxylation is 2. The van der Waals surface area contributed by atoms with Crippen LogP contribution in [0.4, 0.5) is 13.2 Å². The molecule has 2 N–H and O–H groups in total. The highest BCUT2D eigenvalue weighted by molar-refractivity contribution is 5.95. The lowest BCUT2D eigenvalue weighted by Crippen LogP contribution is -2.50. The Balaban J connectivity index is 0.000000479. The van der Waals surface area contributed by atoms with Crippen molar-refractivity contribution in [2.75, 3.05) is 26.2 Å². The number of nitrogens with zero attached hydrogens (tertiary/aromatic N) is 5. The van der Waals surface area contributed by atoms with Gasteiger partial charge in [0.2, 0.25) is 5.91 Å². The average molecular weight is 518 g/mol. The minimum Gasteiger partial charge on any atom is -0.475 e. The highest BCUT2D eigenvalue weighted by atomic mass is 19.4. The molecular weight excluding hydrogens is 493 g/mol. The monoisotopic (exact) mass is 518 g/mol. The van der Waals surface area contributed by atoms with Crippen LogP contribution in [0.25, 0.3) is 22.6 Å². The van der Waals surface area contributed by atoms with Crippen molar-refractivity contribution in [1.29, 1.82) is 0 Å². The normalized spacial score (nSPS) is 13.6. The highest BCUT2D eigenvalue weighted by Gasteiger charge is 2.38. The first kappa shape index (κ1) is 27.3. The minimum atomic E-state index is -5.08. The van der Waals surface area contributed by atoms with Gasteiger partial charge in [-0.1, -0.05) is 0 Å². The number of nitrogens with one attached hydrogen (secondary N) is 1. The molecule has 0 spiro atoms. The Bertz CT molecular complexity index is 1280. The van der Waals surface area contributed by atoms with Gasteiger partial charge in [0.15, 0.2) is 5.82 Å². The number of hydrogen-bond donors (Lipinski definition) is 2. The molecule has 4 heterocycles. The second-order valence-corrected chi connectivity index (χ2v) is 8.29. The summed E-state index contributed by atoms with van der Waals surface area (Å²) < 4.78 is 31.7. The van der Waals surface area contributed by atoms with Crippen molar-refractivity contribution in [3.8, 4) is 22.6 Å². The van der Waals surface area contributed by atoms with Crippen molar-refractivity contribution in [1.82, 2.24) is 29.7 Å². The molecule has 0 atom stereocenters. The number of rotatable bonds is 3. The van der Waals surface area contributed by atoms with E-state index in [0.717, 1.165) is 34.0 Å². The highest BCUT2D eigenvalue weighted by Crippen LogP contribution is 2.24. The number of halogens is 3. The van der Waals surface area contributed by atoms with Crippen molar-refractivity contribution >= 4 is 17.8 Å². The third kappa shape index (κ3) is 6.90. The van der Waals surface area contributed by atoms with Crippen LogP contribution >= 0.6 is 0 Å². The smallest absolute Gasteiger partial charge is 0.475 e. The molecule has 0 bridgehead atoms. The van der Waals surface area contributed by atoms with Gasteiger partial charge in [-0.3, -0.25) is 19.6 Å². The molecule has 4 rings (SSSR count). The molecule has 1 aliphatic heterocycles. The second kappa shape index (κ2) is 11.2. The third-order valence-electron chi connectivity index (χ3n) is 5.70. The summed E-state index contributed by atoms with van der Waals surface area (Å²) in [5.74, 6) is -2.07. The number of pyridine rings is 2. The molecule has 196 valence electrons. The fourth-order valence-corrected chi connectivity index (χ4v) is 3.53. The quantitative estimate of drug-likeness (QED) is 0.545. The number of aromatic nitrogens is 4. The molecule has 2 amide bonds. The molecule has 1 fully saturated rings. The number of carbonyl (C=O) groups excluding carboxylic acids is 2. The maximum absolute atomic E-state index is 12.9. The molecule has 0 aromatic carbocycles. The number of aromatic amines is 1. The SMILES string of the molecule is CC(=O)N1CCN(C(=O)c2cncc(-c3ccnc(-c4nc(C)c(C)[nH]4)c3)c2)CC1.O=C(O)C(F)(F)F. The summed E-state index contributed by atoms with van der Waals surface area (Å²) in [6.07, 6.45) is -0.0277. The third-order valence-corrected chi connectivity index (χ3v) is 5.70. The lowest BCUT2D eigenvalue weighted by molar-refractivity contribution is -0.192. The summed E-state index contributed by atoms with van der Waals surface area (Å²) in [6, 6.07) is 5.68. The maximum atomic E-state index is 12.9. The van der Waals surface area contributed by atoms with Crippen LogP contribution in [0.15, 0.2) is 36.8 Å². The van der Waals surface area contributed by atoms with E-state index in [1.54, 1.807) is 35.3 Å². The van der Waals surface area contributed by atoms with Crippen LogP contribution in [-0.4, -0.2) is 85.0 Å². The molecule has 3 aromatic heterocycles. The van der Waals surface area contributed by atoms with E-state index in [0.29, 0.717) is 31.7 Å². The topological polar surface area (TPSA) is 132 Å². The Kier molecular flexibility index (Phi) is 8.25. The largest absolute Gasteiger partial charge is 0.490 e. The van der Waals surface area contributed by atoms with Crippen LogP contribution in [-0.2, 0) is 9.59 Å². The number of piperazine rings is 1. The van der Waals surface area contributed by atoms with Gasteiger partial charge in [-0.15, -0.1) is 0 Å². The fraction of sp³-hybridized carbons (Fsp3) is 0.333. The summed E-state index contributed by atoms with van der Waals surface area (Å²) in [5.41, 5.74) is 4.97. The van der Waals surface area contributed by atoms with Crippen molar-refractivity contribution in [3.05, 3.63) is 53.7 Å². The van der Waals surface area contributed by atoms with Crippen LogP contribution in [0.3, 0.4) is 0 Å². The van der Waals surface area contributed by atoms with E-state index in [2.05, 4.69) is 19.9 Å². The number of alkyl halides is 3. The second-order valence-electron chi connectivity index (χ2n) is 8.29. The summed E-state index contributed by atoms with van der Waals surface area (Å²) >= 11 is 0. The maximum Gasteiger partial charge on any atom is 0.490 e. The Morgan fingerprint density at radius 2 is 1.62 bits per heavy atom. The predicted octanol–water partition coefficient (Wildman–Crippen LogP) is 3.09. The van der Waals surface area contributed by atoms with Crippen LogP contribution in [0.1, 0.15) is 28.7 Å². The zero-order valence-electron chi connectivity index (χ0n) is 20.3. The first-order chi connectivity index (χ1) is 17.4. The molecule has 0 saturated carbocycles. The Hall–Kier alpha value is -4.29. The van der Waals surface area contributed by atoms with Gasteiger partial charge >= 0.3 is 12.1 Å². The lowest BCUT2D eigenvalue weighted by atomic mass is 10.1. The van der Waals surface area contributed by atoms with Gasteiger partial charge in [-0.2, -0.15) is 13.2 Å². The minimum absolute atomic E-state index is 0.0428. The number of aliphatic carboxylic acids is 1. The molecule has 0 unspecified atom stereocenters. The molecule has 10 nitrogen and oxygen atoms in total. The van der Waals surface area contributed by atoms with E-state index in [-0.39, 0.29) is 11.8 Å². The van der Waals surface area contributed by atoms with E-state index in [1.165, 1.54) is 0 Å². The number of hydrogen-bond acceptors (Lipinski definition) is 6. The number of carbonyl (C=O) groups is 3. The lowest BCUT2D eigenvalue weighted by Gasteiger charge is -2.34. The van der Waals surface area contributed by atoms with E-state index >= 15 is 0 Å². The van der Waals surface area contributed by atoms with Crippen molar-refractivity contribution in [3.63, 3.8) is 0 Å². The summed E-state index contributed by atoms with van der Waals surface area (Å²) in [4.78, 5) is 53.3. The van der Waals surface area contributed by atoms with E-state index in [1.807, 2.05) is 32.0 Å². The van der Waals surface area contributed by atoms with Crippen molar-refractivity contribution in [2.24, 2.45) is 0 Å². The van der Waals surface area contributed by atoms with Crippen molar-refractivity contribution < 1.29 is 32.7 Å².